The summed E-state index contributed by atoms with van der Waals surface area (Å²) in [6, 6.07) is 21.2. The number of urea groups is 1. The van der Waals surface area contributed by atoms with Crippen LogP contribution in [-0.4, -0.2) is 59.0 Å². The molecule has 0 aliphatic heterocycles. The molecule has 8 N–H and O–H groups in total. The number of anilines is 4. The Kier molecular flexibility index (Phi) is 9.64. The van der Waals surface area contributed by atoms with E-state index in [-0.39, 0.29) is 54.1 Å². The number of amides is 2. The van der Waals surface area contributed by atoms with Crippen LogP contribution in [0.3, 0.4) is 0 Å². The Morgan fingerprint density at radius 3 is 1.15 bits per heavy atom. The number of nitrogens with one attached hydrogen (secondary N) is 4. The molecular weight excluding hydrogens is 789 g/mol. The van der Waals surface area contributed by atoms with E-state index in [2.05, 4.69) is 20.1 Å². The number of carbonyl (C=O) groups excluding carboxylic acids is 1. The highest BCUT2D eigenvalue weighted by Gasteiger charge is 2.22. The average molecular weight is 815 g/mol. The van der Waals surface area contributed by atoms with Crippen molar-refractivity contribution in [1.29, 1.82) is 0 Å². The summed E-state index contributed by atoms with van der Waals surface area (Å²) in [7, 11) is -17.8. The summed E-state index contributed by atoms with van der Waals surface area (Å²) in [5, 5.41) is 26.1. The number of carbonyl (C=O) groups is 1. The molecule has 6 aromatic carbocycles. The molecule has 0 atom stereocenters. The van der Waals surface area contributed by atoms with E-state index >= 15 is 0 Å². The van der Waals surface area contributed by atoms with Crippen LogP contribution in [0, 0.1) is 0 Å². The van der Waals surface area contributed by atoms with Gasteiger partial charge in [0.15, 0.2) is 0 Å². The third kappa shape index (κ3) is 8.00. The fourth-order valence-corrected chi connectivity index (χ4v) is 8.58. The van der Waals surface area contributed by atoms with Gasteiger partial charge in [0.05, 0.1) is 31.0 Å². The molecule has 0 aromatic heterocycles. The fraction of sp³-hybridized carbons (Fsp3) is 0. The number of rotatable bonds is 10. The zero-order chi connectivity index (χ0) is 39.2. The van der Waals surface area contributed by atoms with Crippen LogP contribution in [0.2, 0.25) is 0 Å². The normalized spacial score (nSPS) is 12.3. The summed E-state index contributed by atoms with van der Waals surface area (Å²) >= 11 is 0. The van der Waals surface area contributed by atoms with Crippen LogP contribution in [-0.2, 0) is 40.3 Å². The Morgan fingerprint density at radius 1 is 0.463 bits per heavy atom. The number of benzene rings is 6. The van der Waals surface area contributed by atoms with E-state index in [1.807, 2.05) is 0 Å². The lowest BCUT2D eigenvalue weighted by atomic mass is 10.1. The summed E-state index contributed by atoms with van der Waals surface area (Å²) in [6.07, 6.45) is 0. The van der Waals surface area contributed by atoms with Gasteiger partial charge in [-0.1, -0.05) is 24.3 Å². The predicted molar refractivity (Wildman–Crippen MR) is 198 cm³/mol. The second-order valence-electron chi connectivity index (χ2n) is 11.5. The van der Waals surface area contributed by atoms with E-state index in [0.717, 1.165) is 24.3 Å². The smallest absolute Gasteiger partial charge is 0.323 e. The Hall–Kier alpha value is -5.97. The zero-order valence-electron chi connectivity index (χ0n) is 27.0. The van der Waals surface area contributed by atoms with E-state index < -0.39 is 67.6 Å². The van der Waals surface area contributed by atoms with Gasteiger partial charge in [0, 0.05) is 34.3 Å². The lowest BCUT2D eigenvalue weighted by Gasteiger charge is -2.14. The van der Waals surface area contributed by atoms with E-state index in [4.69, 9.17) is 0 Å². The van der Waals surface area contributed by atoms with Crippen LogP contribution in [0.25, 0.3) is 21.5 Å². The Morgan fingerprint density at radius 2 is 0.815 bits per heavy atom. The summed E-state index contributed by atoms with van der Waals surface area (Å²) in [5.41, 5.74) is 0.204. The van der Waals surface area contributed by atoms with Gasteiger partial charge in [-0.25, -0.2) is 21.6 Å². The number of hydrogen-bond acceptors (Lipinski definition) is 11. The molecule has 0 radical (unpaired) electrons. The molecule has 0 saturated carbocycles. The molecule has 0 spiro atoms. The summed E-state index contributed by atoms with van der Waals surface area (Å²) in [6.45, 7) is 0. The van der Waals surface area contributed by atoms with Crippen molar-refractivity contribution in [3.63, 3.8) is 0 Å². The van der Waals surface area contributed by atoms with Gasteiger partial charge in [0.1, 0.15) is 11.5 Å². The van der Waals surface area contributed by atoms with Crippen molar-refractivity contribution in [1.82, 2.24) is 0 Å². The lowest BCUT2D eigenvalue weighted by Crippen LogP contribution is -2.20. The van der Waals surface area contributed by atoms with Gasteiger partial charge < -0.3 is 20.8 Å². The molecule has 0 aliphatic rings. The number of phenols is 2. The summed E-state index contributed by atoms with van der Waals surface area (Å²) < 4.78 is 122. The van der Waals surface area contributed by atoms with Gasteiger partial charge in [0.2, 0.25) is 0 Å². The van der Waals surface area contributed by atoms with Crippen molar-refractivity contribution in [2.75, 3.05) is 20.1 Å². The van der Waals surface area contributed by atoms with Gasteiger partial charge in [0.25, 0.3) is 40.3 Å². The SMILES string of the molecule is O=C(Nc1ccc(S(=O)(=O)Nc2cccc3cc(S(=O)(=O)O)cc(O)c23)cc1)Nc1ccc(S(=O)(=O)Nc2cccc3cc(S(=O)(=O)O)cc(O)c23)cc1. The third-order valence-electron chi connectivity index (χ3n) is 7.79. The first kappa shape index (κ1) is 37.8. The Balaban J connectivity index is 1.11. The standard InChI is InChI=1S/C33H26N4O13S4/c38-29-17-25(53(45,46)47)15-19-3-1-5-27(31(19)29)36-51(41,42)23-11-7-21(8-12-23)34-33(40)35-22-9-13-24(14-10-22)52(43,44)37-28-6-2-4-20-16-26(54(48,49)50)18-30(39)32(20)28/h1-18,36-39H,(H2,34,35,40)(H,45,46,47)(H,48,49,50). The highest BCUT2D eigenvalue weighted by atomic mass is 32.2. The number of sulfonamides is 2. The third-order valence-corrected chi connectivity index (χ3v) is 12.2. The van der Waals surface area contributed by atoms with Crippen LogP contribution in [0.5, 0.6) is 11.5 Å². The van der Waals surface area contributed by atoms with Crippen molar-refractivity contribution >= 4 is 90.6 Å². The van der Waals surface area contributed by atoms with Gasteiger partial charge in [-0.3, -0.25) is 18.5 Å². The maximum Gasteiger partial charge on any atom is 0.323 e. The molecule has 0 fully saturated rings. The molecule has 0 bridgehead atoms. The first-order valence-electron chi connectivity index (χ1n) is 15.0. The molecule has 0 unspecified atom stereocenters. The topological polar surface area (TPSA) is 283 Å². The number of aromatic hydroxyl groups is 2. The number of phenolic OH excluding ortho intramolecular Hbond substituents is 2. The molecule has 6 rings (SSSR count). The first-order valence-corrected chi connectivity index (χ1v) is 20.9. The van der Waals surface area contributed by atoms with E-state index in [0.29, 0.717) is 0 Å². The number of fused-ring (bicyclic) bond motifs is 2. The van der Waals surface area contributed by atoms with Crippen LogP contribution >= 0.6 is 0 Å². The maximum absolute atomic E-state index is 13.2. The molecule has 17 nitrogen and oxygen atoms in total. The van der Waals surface area contributed by atoms with Crippen molar-refractivity contribution in [3.05, 3.63) is 109 Å². The lowest BCUT2D eigenvalue weighted by molar-refractivity contribution is 0.262. The second kappa shape index (κ2) is 13.8. The minimum Gasteiger partial charge on any atom is -0.507 e. The molecule has 21 heteroatoms. The maximum atomic E-state index is 13.2. The zero-order valence-corrected chi connectivity index (χ0v) is 30.3. The molecule has 280 valence electrons. The van der Waals surface area contributed by atoms with E-state index in [1.165, 1.54) is 84.9 Å². The van der Waals surface area contributed by atoms with Gasteiger partial charge in [-0.05, 0) is 83.6 Å². The van der Waals surface area contributed by atoms with Crippen molar-refractivity contribution in [2.24, 2.45) is 0 Å². The van der Waals surface area contributed by atoms with Gasteiger partial charge in [-0.15, -0.1) is 0 Å². The number of hydrogen-bond donors (Lipinski definition) is 8. The van der Waals surface area contributed by atoms with Crippen molar-refractivity contribution < 1.29 is 57.8 Å². The fourth-order valence-electron chi connectivity index (χ4n) is 5.36. The van der Waals surface area contributed by atoms with Crippen LogP contribution in [0.4, 0.5) is 27.5 Å². The Labute approximate surface area is 307 Å². The first-order chi connectivity index (χ1) is 25.2. The monoisotopic (exact) mass is 814 g/mol. The summed E-state index contributed by atoms with van der Waals surface area (Å²) in [4.78, 5) is 11.1. The Bertz CT molecular complexity index is 2740. The quantitative estimate of drug-likeness (QED) is 0.0833. The van der Waals surface area contributed by atoms with Crippen LogP contribution in [0.1, 0.15) is 0 Å². The van der Waals surface area contributed by atoms with Gasteiger partial charge in [-0.2, -0.15) is 16.8 Å². The predicted octanol–water partition coefficient (Wildman–Crippen LogP) is 5.14. The molecule has 0 saturated heterocycles. The highest BCUT2D eigenvalue weighted by Crippen LogP contribution is 2.37. The molecule has 0 aliphatic carbocycles. The summed E-state index contributed by atoms with van der Waals surface area (Å²) in [5.74, 6) is -1.19. The molecule has 2 amide bonds. The van der Waals surface area contributed by atoms with E-state index in [1.54, 1.807) is 0 Å². The van der Waals surface area contributed by atoms with Crippen molar-refractivity contribution in [2.45, 2.75) is 19.6 Å². The largest absolute Gasteiger partial charge is 0.507 e. The highest BCUT2D eigenvalue weighted by molar-refractivity contribution is 7.93. The minimum absolute atomic E-state index is 0.0189. The van der Waals surface area contributed by atoms with Crippen LogP contribution in [0.15, 0.2) is 129 Å². The second-order valence-corrected chi connectivity index (χ2v) is 17.7. The van der Waals surface area contributed by atoms with Crippen LogP contribution < -0.4 is 20.1 Å². The average Bonchev–Trinajstić information content (AvgIpc) is 3.07. The van der Waals surface area contributed by atoms with Crippen molar-refractivity contribution in [3.8, 4) is 11.5 Å². The molecule has 6 aromatic rings. The molecule has 0 heterocycles. The molecular formula is C33H26N4O13S4. The van der Waals surface area contributed by atoms with Gasteiger partial charge >= 0.3 is 6.03 Å². The minimum atomic E-state index is -4.65. The molecule has 54 heavy (non-hydrogen) atoms. The van der Waals surface area contributed by atoms with E-state index in [9.17, 15) is 57.8 Å².